The second-order valence-electron chi connectivity index (χ2n) is 6.30. The summed E-state index contributed by atoms with van der Waals surface area (Å²) in [6, 6.07) is 13.9. The Morgan fingerprint density at radius 2 is 1.71 bits per heavy atom. The second kappa shape index (κ2) is 10.7. The molecule has 2 aromatic carbocycles. The van der Waals surface area contributed by atoms with Crippen molar-refractivity contribution in [2.75, 3.05) is 17.7 Å². The van der Waals surface area contributed by atoms with E-state index in [0.717, 1.165) is 10.2 Å². The smallest absolute Gasteiger partial charge is 0.290 e. The molecule has 5 N–H and O–H groups in total. The van der Waals surface area contributed by atoms with Crippen LogP contribution in [0.1, 0.15) is 29.8 Å². The second-order valence-corrected chi connectivity index (χ2v) is 6.30. The highest BCUT2D eigenvalue weighted by molar-refractivity contribution is 5.99. The number of aromatic hydroxyl groups is 1. The number of carbonyl (C=O) groups excluding carboxylic acids is 1. The Kier molecular flexibility index (Phi) is 8.01. The fourth-order valence-electron chi connectivity index (χ4n) is 2.81. The van der Waals surface area contributed by atoms with Gasteiger partial charge in [0.05, 0.1) is 11.3 Å². The maximum atomic E-state index is 12.6. The molecular formula is C22H27N5O4. The van der Waals surface area contributed by atoms with Crippen LogP contribution >= 0.6 is 0 Å². The predicted molar refractivity (Wildman–Crippen MR) is 122 cm³/mol. The van der Waals surface area contributed by atoms with E-state index in [1.165, 1.54) is 26.2 Å². The Morgan fingerprint density at radius 3 is 2.35 bits per heavy atom. The molecule has 31 heavy (non-hydrogen) atoms. The first-order valence-corrected chi connectivity index (χ1v) is 9.84. The molecule has 3 rings (SSSR count). The Balaban J connectivity index is 0.00000166. The van der Waals surface area contributed by atoms with Crippen LogP contribution in [0.5, 0.6) is 5.75 Å². The molecule has 0 radical (unpaired) electrons. The predicted octanol–water partition coefficient (Wildman–Crippen LogP) is 2.52. The minimum Gasteiger partial charge on any atom is -0.505 e. The van der Waals surface area contributed by atoms with Gasteiger partial charge in [-0.15, -0.1) is 0 Å². The van der Waals surface area contributed by atoms with Crippen molar-refractivity contribution in [3.05, 3.63) is 80.4 Å². The number of aromatic nitrogens is 2. The molecule has 0 atom stereocenters. The fraction of sp³-hybridized carbons (Fsp3) is 0.227. The number of H-pyrrole nitrogens is 1. The lowest BCUT2D eigenvalue weighted by Crippen LogP contribution is -2.31. The zero-order chi connectivity index (χ0) is 23.0. The van der Waals surface area contributed by atoms with E-state index in [9.17, 15) is 19.5 Å². The van der Waals surface area contributed by atoms with Crippen LogP contribution in [0.15, 0.2) is 58.1 Å². The summed E-state index contributed by atoms with van der Waals surface area (Å²) in [6.07, 6.45) is 0. The molecule has 0 aliphatic heterocycles. The summed E-state index contributed by atoms with van der Waals surface area (Å²) in [5.74, 6) is -0.813. The van der Waals surface area contributed by atoms with Crippen LogP contribution in [0.2, 0.25) is 0 Å². The third kappa shape index (κ3) is 5.33. The molecule has 9 nitrogen and oxygen atoms in total. The van der Waals surface area contributed by atoms with Crippen molar-refractivity contribution in [2.45, 2.75) is 20.4 Å². The van der Waals surface area contributed by atoms with E-state index in [-0.39, 0.29) is 28.4 Å². The lowest BCUT2D eigenvalue weighted by molar-refractivity contribution is 0.0960. The summed E-state index contributed by atoms with van der Waals surface area (Å²) >= 11 is 0. The molecule has 9 heteroatoms. The van der Waals surface area contributed by atoms with E-state index in [1.54, 1.807) is 6.07 Å². The highest BCUT2D eigenvalue weighted by atomic mass is 16.3. The molecule has 0 aliphatic rings. The monoisotopic (exact) mass is 425 g/mol. The van der Waals surface area contributed by atoms with Crippen LogP contribution in [-0.2, 0) is 13.6 Å². The van der Waals surface area contributed by atoms with Gasteiger partial charge in [0.1, 0.15) is 11.4 Å². The third-order valence-electron chi connectivity index (χ3n) is 4.34. The Labute approximate surface area is 179 Å². The lowest BCUT2D eigenvalue weighted by atomic mass is 10.1. The summed E-state index contributed by atoms with van der Waals surface area (Å²) in [5.41, 5.74) is 0.0463. The fourth-order valence-corrected chi connectivity index (χ4v) is 2.81. The van der Waals surface area contributed by atoms with Crippen molar-refractivity contribution in [3.63, 3.8) is 0 Å². The molecule has 0 spiro atoms. The van der Waals surface area contributed by atoms with Crippen molar-refractivity contribution in [2.24, 2.45) is 7.05 Å². The van der Waals surface area contributed by atoms with Crippen molar-refractivity contribution in [1.82, 2.24) is 15.1 Å². The van der Waals surface area contributed by atoms with Gasteiger partial charge in [-0.05, 0) is 17.7 Å². The molecule has 0 bridgehead atoms. The molecular weight excluding hydrogens is 398 g/mol. The standard InChI is InChI=1S/C20H21N5O4.C2H6/c1-21-18(27)13-9-6-10-14(17(13)26)23-15-16(20(29)25(2)24-19(15)28)22-11-12-7-4-3-5-8-12;1-2/h3-10,22-23,26H,11H2,1-2H3,(H,21,27)(H,24,28);1-2H3. The van der Waals surface area contributed by atoms with Crippen LogP contribution in [-0.4, -0.2) is 27.8 Å². The molecule has 1 amide bonds. The first-order valence-electron chi connectivity index (χ1n) is 9.84. The van der Waals surface area contributed by atoms with Crippen molar-refractivity contribution < 1.29 is 9.90 Å². The first-order chi connectivity index (χ1) is 14.9. The van der Waals surface area contributed by atoms with E-state index in [4.69, 9.17) is 0 Å². The SMILES string of the molecule is CC.CNC(=O)c1cccc(Nc2c(NCc3ccccc3)c(=O)n(C)[nH]c2=O)c1O. The van der Waals surface area contributed by atoms with Crippen LogP contribution < -0.4 is 27.1 Å². The highest BCUT2D eigenvalue weighted by Crippen LogP contribution is 2.30. The third-order valence-corrected chi connectivity index (χ3v) is 4.34. The molecule has 0 fully saturated rings. The van der Waals surface area contributed by atoms with Gasteiger partial charge in [0.2, 0.25) is 0 Å². The normalized spacial score (nSPS) is 9.94. The number of hydrogen-bond donors (Lipinski definition) is 5. The van der Waals surface area contributed by atoms with Gasteiger partial charge in [0.25, 0.3) is 17.0 Å². The lowest BCUT2D eigenvalue weighted by Gasteiger charge is -2.15. The number of phenols is 1. The number of hydrogen-bond acceptors (Lipinski definition) is 6. The highest BCUT2D eigenvalue weighted by Gasteiger charge is 2.18. The zero-order valence-electron chi connectivity index (χ0n) is 17.9. The summed E-state index contributed by atoms with van der Waals surface area (Å²) in [6.45, 7) is 4.32. The number of nitrogens with one attached hydrogen (secondary N) is 4. The number of rotatable bonds is 6. The van der Waals surface area contributed by atoms with Gasteiger partial charge in [-0.1, -0.05) is 50.2 Å². The Hall–Kier alpha value is -4.01. The molecule has 3 aromatic rings. The van der Waals surface area contributed by atoms with E-state index < -0.39 is 17.0 Å². The van der Waals surface area contributed by atoms with Crippen molar-refractivity contribution in [3.8, 4) is 5.75 Å². The van der Waals surface area contributed by atoms with Gasteiger partial charge in [0, 0.05) is 20.6 Å². The van der Waals surface area contributed by atoms with Gasteiger partial charge in [-0.3, -0.25) is 24.2 Å². The van der Waals surface area contributed by atoms with Crippen LogP contribution in [0.3, 0.4) is 0 Å². The molecule has 0 saturated carbocycles. The van der Waals surface area contributed by atoms with Crippen LogP contribution in [0, 0.1) is 0 Å². The summed E-state index contributed by atoms with van der Waals surface area (Å²) in [7, 11) is 2.88. The number of benzene rings is 2. The van der Waals surface area contributed by atoms with Gasteiger partial charge in [-0.2, -0.15) is 0 Å². The Morgan fingerprint density at radius 1 is 1.03 bits per heavy atom. The van der Waals surface area contributed by atoms with E-state index >= 15 is 0 Å². The van der Waals surface area contributed by atoms with Gasteiger partial charge >= 0.3 is 0 Å². The summed E-state index contributed by atoms with van der Waals surface area (Å²) in [5, 5.41) is 21.0. The minimum atomic E-state index is -0.563. The molecule has 1 heterocycles. The molecule has 0 saturated heterocycles. The van der Waals surface area contributed by atoms with Gasteiger partial charge < -0.3 is 21.1 Å². The summed E-state index contributed by atoms with van der Waals surface area (Å²) < 4.78 is 1.07. The first kappa shape index (κ1) is 23.3. The Bertz CT molecular complexity index is 1150. The average Bonchev–Trinajstić information content (AvgIpc) is 2.79. The quantitative estimate of drug-likeness (QED) is 0.386. The maximum absolute atomic E-state index is 12.6. The number of carbonyl (C=O) groups is 1. The van der Waals surface area contributed by atoms with Crippen molar-refractivity contribution >= 4 is 23.0 Å². The minimum absolute atomic E-state index is 0.0385. The van der Waals surface area contributed by atoms with Gasteiger partial charge in [-0.25, -0.2) is 0 Å². The molecule has 0 aliphatic carbocycles. The van der Waals surface area contributed by atoms with Crippen LogP contribution in [0.4, 0.5) is 17.1 Å². The number of para-hydroxylation sites is 1. The average molecular weight is 425 g/mol. The molecule has 0 unspecified atom stereocenters. The number of phenolic OH excluding ortho intramolecular Hbond substituents is 1. The van der Waals surface area contributed by atoms with E-state index in [1.807, 2.05) is 44.2 Å². The number of nitrogens with zero attached hydrogens (tertiary/aromatic N) is 1. The van der Waals surface area contributed by atoms with Gasteiger partial charge in [0.15, 0.2) is 5.75 Å². The largest absolute Gasteiger partial charge is 0.505 e. The number of aromatic amines is 1. The van der Waals surface area contributed by atoms with Crippen LogP contribution in [0.25, 0.3) is 0 Å². The number of amides is 1. The molecule has 1 aromatic heterocycles. The van der Waals surface area contributed by atoms with E-state index in [2.05, 4.69) is 21.0 Å². The maximum Gasteiger partial charge on any atom is 0.290 e. The molecule has 164 valence electrons. The van der Waals surface area contributed by atoms with E-state index in [0.29, 0.717) is 6.54 Å². The van der Waals surface area contributed by atoms with Crippen molar-refractivity contribution in [1.29, 1.82) is 0 Å². The summed E-state index contributed by atoms with van der Waals surface area (Å²) in [4.78, 5) is 37.1. The topological polar surface area (TPSA) is 128 Å². The number of aryl methyl sites for hydroxylation is 1. The zero-order valence-corrected chi connectivity index (χ0v) is 17.9. The number of anilines is 3.